The number of halogens is 3. The molecule has 1 aromatic heterocycles. The average Bonchev–Trinajstić information content (AvgIpc) is 2.86. The molecule has 5 heteroatoms. The molecule has 0 aliphatic heterocycles. The molecule has 0 fully saturated rings. The molecule has 1 heterocycles. The number of alkyl halides is 3. The number of aromatic nitrogens is 1. The zero-order chi connectivity index (χ0) is 14.3. The molecule has 3 aromatic rings. The molecule has 20 heavy (non-hydrogen) atoms. The Morgan fingerprint density at radius 1 is 0.900 bits per heavy atom. The molecule has 0 radical (unpaired) electrons. The minimum Gasteiger partial charge on any atom is -0.507 e. The Labute approximate surface area is 112 Å². The van der Waals surface area contributed by atoms with E-state index in [-0.39, 0.29) is 5.75 Å². The number of phenolic OH excluding ortho intramolecular Hbond substituents is 1. The number of aromatic amines is 1. The van der Waals surface area contributed by atoms with Gasteiger partial charge in [0.15, 0.2) is 0 Å². The van der Waals surface area contributed by atoms with E-state index in [4.69, 9.17) is 0 Å². The summed E-state index contributed by atoms with van der Waals surface area (Å²) >= 11 is 0. The molecule has 2 aromatic carbocycles. The molecule has 2 nitrogen and oxygen atoms in total. The lowest BCUT2D eigenvalue weighted by molar-refractivity contribution is -0.137. The van der Waals surface area contributed by atoms with E-state index >= 15 is 0 Å². The summed E-state index contributed by atoms with van der Waals surface area (Å²) in [5.41, 5.74) is 1.18. The Kier molecular flexibility index (Phi) is 2.71. The molecular weight excluding hydrogens is 267 g/mol. The van der Waals surface area contributed by atoms with E-state index in [1.165, 1.54) is 18.2 Å². The fourth-order valence-corrected chi connectivity index (χ4v) is 2.25. The highest BCUT2D eigenvalue weighted by Crippen LogP contribution is 2.37. The second-order valence-corrected chi connectivity index (χ2v) is 4.47. The van der Waals surface area contributed by atoms with Gasteiger partial charge in [-0.25, -0.2) is 0 Å². The predicted molar refractivity (Wildman–Crippen MR) is 70.4 cm³/mol. The lowest BCUT2D eigenvalue weighted by Crippen LogP contribution is -2.04. The van der Waals surface area contributed by atoms with Crippen molar-refractivity contribution in [1.82, 2.24) is 4.98 Å². The van der Waals surface area contributed by atoms with Crippen molar-refractivity contribution in [1.29, 1.82) is 0 Å². The molecule has 0 aliphatic carbocycles. The van der Waals surface area contributed by atoms with Crippen LogP contribution in [0.25, 0.3) is 22.0 Å². The Hall–Kier alpha value is -2.43. The maximum absolute atomic E-state index is 12.6. The minimum absolute atomic E-state index is 0.0388. The monoisotopic (exact) mass is 277 g/mol. The van der Waals surface area contributed by atoms with Gasteiger partial charge in [0.2, 0.25) is 0 Å². The third-order valence-electron chi connectivity index (χ3n) is 3.21. The van der Waals surface area contributed by atoms with E-state index in [1.807, 2.05) is 0 Å². The summed E-state index contributed by atoms with van der Waals surface area (Å²) < 4.78 is 37.7. The second-order valence-electron chi connectivity index (χ2n) is 4.47. The van der Waals surface area contributed by atoms with Gasteiger partial charge >= 0.3 is 6.18 Å². The van der Waals surface area contributed by atoms with Crippen LogP contribution in [0.15, 0.2) is 48.7 Å². The van der Waals surface area contributed by atoms with E-state index in [0.29, 0.717) is 11.1 Å². The van der Waals surface area contributed by atoms with Crippen LogP contribution in [0.3, 0.4) is 0 Å². The largest absolute Gasteiger partial charge is 0.507 e. The predicted octanol–water partition coefficient (Wildman–Crippen LogP) is 4.56. The van der Waals surface area contributed by atoms with Gasteiger partial charge < -0.3 is 10.1 Å². The molecular formula is C15H10F3NO. The molecule has 0 spiro atoms. The molecule has 0 saturated carbocycles. The van der Waals surface area contributed by atoms with Crippen molar-refractivity contribution in [2.75, 3.05) is 0 Å². The lowest BCUT2D eigenvalue weighted by Gasteiger charge is -2.10. The van der Waals surface area contributed by atoms with Crippen LogP contribution in [0.5, 0.6) is 5.75 Å². The first-order valence-electron chi connectivity index (χ1n) is 5.93. The van der Waals surface area contributed by atoms with Crippen molar-refractivity contribution < 1.29 is 18.3 Å². The van der Waals surface area contributed by atoms with Gasteiger partial charge in [-0.15, -0.1) is 0 Å². The van der Waals surface area contributed by atoms with Crippen LogP contribution in [0.2, 0.25) is 0 Å². The number of hydrogen-bond acceptors (Lipinski definition) is 1. The van der Waals surface area contributed by atoms with Crippen LogP contribution in [0, 0.1) is 0 Å². The topological polar surface area (TPSA) is 36.0 Å². The third kappa shape index (κ3) is 2.01. The molecule has 0 bridgehead atoms. The minimum atomic E-state index is -4.36. The van der Waals surface area contributed by atoms with Gasteiger partial charge in [0, 0.05) is 22.7 Å². The number of aromatic hydroxyl groups is 1. The average molecular weight is 277 g/mol. The van der Waals surface area contributed by atoms with Gasteiger partial charge in [-0.05, 0) is 35.9 Å². The molecule has 102 valence electrons. The molecule has 0 atom stereocenters. The SMILES string of the molecule is Oc1ccc2[nH]ccc2c1-c1ccc(C(F)(F)F)cc1. The van der Waals surface area contributed by atoms with E-state index in [0.717, 1.165) is 23.0 Å². The Balaban J connectivity index is 2.16. The van der Waals surface area contributed by atoms with Gasteiger partial charge in [-0.3, -0.25) is 0 Å². The van der Waals surface area contributed by atoms with E-state index in [2.05, 4.69) is 4.98 Å². The summed E-state index contributed by atoms with van der Waals surface area (Å²) in [6, 6.07) is 9.78. The van der Waals surface area contributed by atoms with Crippen molar-refractivity contribution in [2.24, 2.45) is 0 Å². The first kappa shape index (κ1) is 12.6. The van der Waals surface area contributed by atoms with Crippen LogP contribution in [-0.4, -0.2) is 10.1 Å². The summed E-state index contributed by atoms with van der Waals surface area (Å²) in [5, 5.41) is 10.7. The maximum atomic E-state index is 12.6. The zero-order valence-electron chi connectivity index (χ0n) is 10.2. The number of phenols is 1. The quantitative estimate of drug-likeness (QED) is 0.672. The highest BCUT2D eigenvalue weighted by molar-refractivity contribution is 5.98. The third-order valence-corrected chi connectivity index (χ3v) is 3.21. The van der Waals surface area contributed by atoms with Gasteiger partial charge in [0.25, 0.3) is 0 Å². The second kappa shape index (κ2) is 4.30. The number of nitrogens with one attached hydrogen (secondary N) is 1. The zero-order valence-corrected chi connectivity index (χ0v) is 10.2. The number of fused-ring (bicyclic) bond motifs is 1. The smallest absolute Gasteiger partial charge is 0.416 e. The van der Waals surface area contributed by atoms with Crippen LogP contribution in [0.4, 0.5) is 13.2 Å². The molecule has 0 aliphatic rings. The van der Waals surface area contributed by atoms with E-state index in [1.54, 1.807) is 18.3 Å². The van der Waals surface area contributed by atoms with Crippen LogP contribution >= 0.6 is 0 Å². The maximum Gasteiger partial charge on any atom is 0.416 e. The molecule has 0 saturated heterocycles. The summed E-state index contributed by atoms with van der Waals surface area (Å²) in [5.74, 6) is 0.0388. The standard InChI is InChI=1S/C15H10F3NO/c16-15(17,18)10-3-1-9(2-4-10)14-11-7-8-19-12(11)5-6-13(14)20/h1-8,19-20H. The number of benzene rings is 2. The molecule has 0 amide bonds. The Bertz CT molecular complexity index is 757. The van der Waals surface area contributed by atoms with Gasteiger partial charge in [-0.1, -0.05) is 12.1 Å². The number of rotatable bonds is 1. The molecule has 2 N–H and O–H groups in total. The fourth-order valence-electron chi connectivity index (χ4n) is 2.25. The van der Waals surface area contributed by atoms with Crippen LogP contribution in [-0.2, 0) is 6.18 Å². The lowest BCUT2D eigenvalue weighted by atomic mass is 9.99. The highest BCUT2D eigenvalue weighted by Gasteiger charge is 2.30. The fraction of sp³-hybridized carbons (Fsp3) is 0.0667. The molecule has 0 unspecified atom stereocenters. The van der Waals surface area contributed by atoms with Gasteiger partial charge in [0.05, 0.1) is 5.56 Å². The van der Waals surface area contributed by atoms with Crippen molar-refractivity contribution in [3.05, 3.63) is 54.2 Å². The number of hydrogen-bond donors (Lipinski definition) is 2. The Morgan fingerprint density at radius 2 is 1.60 bits per heavy atom. The van der Waals surface area contributed by atoms with Crippen LogP contribution in [0.1, 0.15) is 5.56 Å². The first-order valence-corrected chi connectivity index (χ1v) is 5.93. The normalized spacial score (nSPS) is 11.9. The summed E-state index contributed by atoms with van der Waals surface area (Å²) in [6.45, 7) is 0. The van der Waals surface area contributed by atoms with Crippen molar-refractivity contribution in [3.8, 4) is 16.9 Å². The Morgan fingerprint density at radius 3 is 2.25 bits per heavy atom. The summed E-state index contributed by atoms with van der Waals surface area (Å²) in [4.78, 5) is 3.00. The highest BCUT2D eigenvalue weighted by atomic mass is 19.4. The van der Waals surface area contributed by atoms with Gasteiger partial charge in [0.1, 0.15) is 5.75 Å². The van der Waals surface area contributed by atoms with Crippen molar-refractivity contribution in [3.63, 3.8) is 0 Å². The van der Waals surface area contributed by atoms with Crippen molar-refractivity contribution >= 4 is 10.9 Å². The number of H-pyrrole nitrogens is 1. The first-order chi connectivity index (χ1) is 9.47. The van der Waals surface area contributed by atoms with Crippen LogP contribution < -0.4 is 0 Å². The molecule has 3 rings (SSSR count). The van der Waals surface area contributed by atoms with Crippen molar-refractivity contribution in [2.45, 2.75) is 6.18 Å². The van der Waals surface area contributed by atoms with E-state index < -0.39 is 11.7 Å². The summed E-state index contributed by atoms with van der Waals surface area (Å²) in [7, 11) is 0. The van der Waals surface area contributed by atoms with E-state index in [9.17, 15) is 18.3 Å². The summed E-state index contributed by atoms with van der Waals surface area (Å²) in [6.07, 6.45) is -2.64. The van der Waals surface area contributed by atoms with Gasteiger partial charge in [-0.2, -0.15) is 13.2 Å².